The van der Waals surface area contributed by atoms with E-state index in [4.69, 9.17) is 4.74 Å². The number of nitrogens with zero attached hydrogens (tertiary/aromatic N) is 1. The Morgan fingerprint density at radius 3 is 2.62 bits per heavy atom. The Labute approximate surface area is 101 Å². The first-order chi connectivity index (χ1) is 7.61. The van der Waals surface area contributed by atoms with Gasteiger partial charge in [0.25, 0.3) is 11.7 Å². The van der Waals surface area contributed by atoms with Crippen LogP contribution >= 0.6 is 15.9 Å². The van der Waals surface area contributed by atoms with Crippen LogP contribution in [0.3, 0.4) is 0 Å². The number of likely N-dealkylation sites (N-methyl/N-ethyl adjacent to an activating group) is 1. The van der Waals surface area contributed by atoms with Crippen LogP contribution in [0, 0.1) is 0 Å². The molecule has 1 heterocycles. The highest BCUT2D eigenvalue weighted by molar-refractivity contribution is 9.10. The number of ether oxygens (including phenoxy) is 1. The van der Waals surface area contributed by atoms with Gasteiger partial charge in [0.05, 0.1) is 22.8 Å². The third kappa shape index (κ3) is 1.35. The van der Waals surface area contributed by atoms with Crippen molar-refractivity contribution >= 4 is 33.3 Å². The molecule has 0 unspecified atom stereocenters. The quantitative estimate of drug-likeness (QED) is 0.780. The Morgan fingerprint density at radius 2 is 2.06 bits per heavy atom. The van der Waals surface area contributed by atoms with Crippen LogP contribution in [-0.2, 0) is 4.79 Å². The van der Waals surface area contributed by atoms with Crippen molar-refractivity contribution in [3.05, 3.63) is 22.2 Å². The molecule has 1 aromatic rings. The lowest BCUT2D eigenvalue weighted by molar-refractivity contribution is -0.114. The highest BCUT2D eigenvalue weighted by atomic mass is 79.9. The number of rotatable bonds is 2. The largest absolute Gasteiger partial charge is 0.493 e. The standard InChI is InChI=1S/C11H10BrNO3/c1-3-13-8-6(9(14)11(13)15)4-5-7(12)10(8)16-2/h4-5H,3H2,1-2H3. The summed E-state index contributed by atoms with van der Waals surface area (Å²) in [5.41, 5.74) is 0.973. The number of hydrogen-bond donors (Lipinski definition) is 0. The zero-order valence-corrected chi connectivity index (χ0v) is 10.5. The molecule has 0 spiro atoms. The number of hydrogen-bond acceptors (Lipinski definition) is 3. The van der Waals surface area contributed by atoms with Crippen LogP contribution in [0.4, 0.5) is 5.69 Å². The number of ketones is 1. The van der Waals surface area contributed by atoms with E-state index in [-0.39, 0.29) is 0 Å². The number of methoxy groups -OCH3 is 1. The van der Waals surface area contributed by atoms with Crippen LogP contribution in [0.25, 0.3) is 0 Å². The Bertz CT molecular complexity index is 484. The van der Waals surface area contributed by atoms with Crippen molar-refractivity contribution in [2.75, 3.05) is 18.6 Å². The first-order valence-corrected chi connectivity index (χ1v) is 5.63. The summed E-state index contributed by atoms with van der Waals surface area (Å²) in [6, 6.07) is 3.35. The maximum atomic E-state index is 11.7. The molecule has 0 aromatic heterocycles. The summed E-state index contributed by atoms with van der Waals surface area (Å²) in [4.78, 5) is 24.8. The number of halogens is 1. The summed E-state index contributed by atoms with van der Waals surface area (Å²) >= 11 is 3.33. The summed E-state index contributed by atoms with van der Waals surface area (Å²) in [5, 5.41) is 0. The van der Waals surface area contributed by atoms with Crippen molar-refractivity contribution in [1.82, 2.24) is 0 Å². The second-order valence-corrected chi connectivity index (χ2v) is 4.21. The maximum Gasteiger partial charge on any atom is 0.299 e. The first kappa shape index (κ1) is 11.1. The van der Waals surface area contributed by atoms with Gasteiger partial charge in [0.2, 0.25) is 0 Å². The van der Waals surface area contributed by atoms with Gasteiger partial charge in [0.1, 0.15) is 0 Å². The average molecular weight is 284 g/mol. The molecular formula is C11H10BrNO3. The molecule has 0 radical (unpaired) electrons. The molecule has 2 rings (SSSR count). The summed E-state index contributed by atoms with van der Waals surface area (Å²) in [6.07, 6.45) is 0. The summed E-state index contributed by atoms with van der Waals surface area (Å²) in [6.45, 7) is 2.27. The minimum absolute atomic E-state index is 0.409. The zero-order valence-electron chi connectivity index (χ0n) is 8.91. The lowest BCUT2D eigenvalue weighted by atomic mass is 10.1. The monoisotopic (exact) mass is 283 g/mol. The van der Waals surface area contributed by atoms with E-state index in [1.165, 1.54) is 12.0 Å². The van der Waals surface area contributed by atoms with Gasteiger partial charge in [-0.15, -0.1) is 0 Å². The number of Topliss-reactive ketones (excluding diaryl/α,β-unsaturated/α-hetero) is 1. The van der Waals surface area contributed by atoms with E-state index in [0.717, 1.165) is 4.47 Å². The number of carbonyl (C=O) groups is 2. The third-order valence-electron chi connectivity index (χ3n) is 2.56. The summed E-state index contributed by atoms with van der Waals surface area (Å²) in [5.74, 6) is -0.435. The number of benzene rings is 1. The lowest BCUT2D eigenvalue weighted by Crippen LogP contribution is -2.29. The smallest absolute Gasteiger partial charge is 0.299 e. The lowest BCUT2D eigenvalue weighted by Gasteiger charge is -2.17. The van der Waals surface area contributed by atoms with Gasteiger partial charge < -0.3 is 9.64 Å². The van der Waals surface area contributed by atoms with Crippen LogP contribution in [-0.4, -0.2) is 25.3 Å². The molecule has 1 aliphatic heterocycles. The fourth-order valence-corrected chi connectivity index (χ4v) is 2.31. The van der Waals surface area contributed by atoms with Gasteiger partial charge in [-0.05, 0) is 35.0 Å². The first-order valence-electron chi connectivity index (χ1n) is 4.84. The van der Waals surface area contributed by atoms with Crippen molar-refractivity contribution < 1.29 is 14.3 Å². The molecule has 16 heavy (non-hydrogen) atoms. The van der Waals surface area contributed by atoms with E-state index in [1.54, 1.807) is 12.1 Å². The van der Waals surface area contributed by atoms with Crippen LogP contribution in [0.15, 0.2) is 16.6 Å². The molecule has 0 saturated heterocycles. The van der Waals surface area contributed by atoms with E-state index in [2.05, 4.69) is 15.9 Å². The minimum Gasteiger partial charge on any atom is -0.493 e. The van der Waals surface area contributed by atoms with Crippen LogP contribution in [0.5, 0.6) is 5.75 Å². The van der Waals surface area contributed by atoms with E-state index >= 15 is 0 Å². The topological polar surface area (TPSA) is 46.6 Å². The average Bonchev–Trinajstić information content (AvgIpc) is 2.52. The molecule has 84 valence electrons. The third-order valence-corrected chi connectivity index (χ3v) is 3.18. The highest BCUT2D eigenvalue weighted by Crippen LogP contribution is 2.42. The molecule has 0 N–H and O–H groups in total. The summed E-state index contributed by atoms with van der Waals surface area (Å²) in [7, 11) is 1.52. The van der Waals surface area contributed by atoms with Crippen molar-refractivity contribution in [2.24, 2.45) is 0 Å². The van der Waals surface area contributed by atoms with E-state index < -0.39 is 11.7 Å². The van der Waals surface area contributed by atoms with Gasteiger partial charge in [0.15, 0.2) is 5.75 Å². The van der Waals surface area contributed by atoms with Gasteiger partial charge in [-0.3, -0.25) is 9.59 Å². The number of amides is 1. The highest BCUT2D eigenvalue weighted by Gasteiger charge is 2.37. The minimum atomic E-state index is -0.492. The molecule has 0 aliphatic carbocycles. The Morgan fingerprint density at radius 1 is 1.38 bits per heavy atom. The number of fused-ring (bicyclic) bond motifs is 1. The molecule has 0 fully saturated rings. The van der Waals surface area contributed by atoms with Crippen molar-refractivity contribution in [3.8, 4) is 5.75 Å². The number of carbonyl (C=O) groups excluding carboxylic acids is 2. The molecule has 0 saturated carbocycles. The molecule has 0 bridgehead atoms. The predicted octanol–water partition coefficient (Wildman–Crippen LogP) is 2.01. The molecular weight excluding hydrogens is 274 g/mol. The molecule has 1 amide bonds. The summed E-state index contributed by atoms with van der Waals surface area (Å²) < 4.78 is 5.95. The van der Waals surface area contributed by atoms with E-state index in [9.17, 15) is 9.59 Å². The van der Waals surface area contributed by atoms with Gasteiger partial charge >= 0.3 is 0 Å². The van der Waals surface area contributed by atoms with Crippen LogP contribution in [0.2, 0.25) is 0 Å². The van der Waals surface area contributed by atoms with Crippen LogP contribution < -0.4 is 9.64 Å². The van der Waals surface area contributed by atoms with Crippen molar-refractivity contribution in [1.29, 1.82) is 0 Å². The van der Waals surface area contributed by atoms with Crippen molar-refractivity contribution in [3.63, 3.8) is 0 Å². The van der Waals surface area contributed by atoms with Gasteiger partial charge in [-0.1, -0.05) is 0 Å². The second-order valence-electron chi connectivity index (χ2n) is 3.36. The molecule has 4 nitrogen and oxygen atoms in total. The Balaban J connectivity index is 2.72. The van der Waals surface area contributed by atoms with Gasteiger partial charge in [-0.25, -0.2) is 0 Å². The molecule has 1 aliphatic rings. The SMILES string of the molecule is CCN1C(=O)C(=O)c2ccc(Br)c(OC)c21. The Hall–Kier alpha value is -1.36. The second kappa shape index (κ2) is 3.90. The van der Waals surface area contributed by atoms with Crippen LogP contribution in [0.1, 0.15) is 17.3 Å². The van der Waals surface area contributed by atoms with E-state index in [0.29, 0.717) is 23.5 Å². The van der Waals surface area contributed by atoms with E-state index in [1.807, 2.05) is 6.92 Å². The maximum absolute atomic E-state index is 11.7. The van der Waals surface area contributed by atoms with Gasteiger partial charge in [-0.2, -0.15) is 0 Å². The fourth-order valence-electron chi connectivity index (χ4n) is 1.83. The number of anilines is 1. The molecule has 1 aromatic carbocycles. The molecule has 5 heteroatoms. The zero-order chi connectivity index (χ0) is 11.9. The predicted molar refractivity (Wildman–Crippen MR) is 63.1 cm³/mol. The fraction of sp³-hybridized carbons (Fsp3) is 0.273. The Kier molecular flexibility index (Phi) is 2.71. The molecule has 0 atom stereocenters. The van der Waals surface area contributed by atoms with Crippen molar-refractivity contribution in [2.45, 2.75) is 6.92 Å². The normalized spacial score (nSPS) is 14.3. The van der Waals surface area contributed by atoms with Gasteiger partial charge in [0, 0.05) is 6.54 Å².